The van der Waals surface area contributed by atoms with Gasteiger partial charge in [0.2, 0.25) is 23.6 Å². The van der Waals surface area contributed by atoms with Gasteiger partial charge < -0.3 is 45.7 Å². The van der Waals surface area contributed by atoms with Gasteiger partial charge in [-0.3, -0.25) is 38.5 Å². The van der Waals surface area contributed by atoms with Crippen LogP contribution >= 0.6 is 0 Å². The topological polar surface area (TPSA) is 274 Å². The van der Waals surface area contributed by atoms with E-state index in [1.54, 1.807) is 54.5 Å². The van der Waals surface area contributed by atoms with E-state index in [4.69, 9.17) is 14.5 Å². The molecule has 1 aromatic carbocycles. The van der Waals surface area contributed by atoms with E-state index in [0.29, 0.717) is 83.9 Å². The summed E-state index contributed by atoms with van der Waals surface area (Å²) in [5.74, 6) is -4.15. The highest BCUT2D eigenvalue weighted by atomic mass is 19.1. The number of ether oxygens (including phenoxy) is 2. The molecule has 0 spiro atoms. The monoisotopic (exact) mass is 1040 g/mol. The molecule has 0 saturated carbocycles. The fraction of sp³-hybridized carbons (Fsp3) is 0.556. The number of benzene rings is 1. The molecule has 0 bridgehead atoms. The van der Waals surface area contributed by atoms with Crippen molar-refractivity contribution in [3.8, 4) is 11.4 Å². The molecule has 21 heteroatoms. The Bertz CT molecular complexity index is 2870. The van der Waals surface area contributed by atoms with E-state index < -0.39 is 64.6 Å². The number of aryl methyl sites for hydroxylation is 1. The summed E-state index contributed by atoms with van der Waals surface area (Å²) >= 11 is 0. The van der Waals surface area contributed by atoms with Crippen LogP contribution in [0.3, 0.4) is 0 Å². The summed E-state index contributed by atoms with van der Waals surface area (Å²) in [5.41, 5.74) is 0.786. The number of unbranched alkanes of at least 4 members (excludes halogenated alkanes) is 3. The number of halogens is 1. The Labute approximate surface area is 434 Å². The smallest absolute Gasteiger partial charge is 0.407 e. The number of aromatic nitrogens is 2. The Kier molecular flexibility index (Phi) is 17.3. The molecule has 0 radical (unpaired) electrons. The van der Waals surface area contributed by atoms with E-state index in [9.17, 15) is 48.3 Å². The zero-order valence-electron chi connectivity index (χ0n) is 43.8. The zero-order valence-corrected chi connectivity index (χ0v) is 43.8. The number of nitrogens with zero attached hydrogens (tertiary/aromatic N) is 3. The molecule has 75 heavy (non-hydrogen) atoms. The van der Waals surface area contributed by atoms with Crippen molar-refractivity contribution in [1.29, 1.82) is 0 Å². The Hall–Kier alpha value is -7.03. The predicted molar refractivity (Wildman–Crippen MR) is 272 cm³/mol. The van der Waals surface area contributed by atoms with Gasteiger partial charge in [0, 0.05) is 67.2 Å². The van der Waals surface area contributed by atoms with Crippen LogP contribution in [0.4, 0.5) is 9.18 Å². The minimum Gasteiger partial charge on any atom is -0.458 e. The molecule has 404 valence electrons. The summed E-state index contributed by atoms with van der Waals surface area (Å²) in [6.45, 7) is 12.4. The lowest BCUT2D eigenvalue weighted by atomic mass is 9.81. The third-order valence-corrected chi connectivity index (χ3v) is 14.3. The molecular weight excluding hydrogens is 972 g/mol. The standard InChI is InChI=1S/C54H69FN8O12/c1-8-54(73)34-25-39-47-32(27-63(39)50(70)33(34)28-74-51(54)71)45-36(19-18-31-30(4)35(55)26-38(59-47)44(31)45)58-40(64)17-14-23-56-48(68)37(15-11-12-22-57-52(72)75-53(5,6)7)60-49(69)46(29(2)3)61-41(65)16-10-9-13-24-62-42(66)20-21-43(62)67/h20-21,25-26,29,36-37,46,73H,8-19,22-24,27-28H2,1-7H3,(H,56,68)(H,57,72)(H,58,64)(H,60,69)(H,61,65)/t36-,37-,46-,54-/m0/s1. The first-order valence-electron chi connectivity index (χ1n) is 26.0. The number of carbonyl (C=O) groups is 8. The Morgan fingerprint density at radius 3 is 2.29 bits per heavy atom. The van der Waals surface area contributed by atoms with Crippen LogP contribution in [-0.4, -0.2) is 104 Å². The Balaban J connectivity index is 0.989. The summed E-state index contributed by atoms with van der Waals surface area (Å²) in [7, 11) is 0. The number of rotatable bonds is 22. The van der Waals surface area contributed by atoms with Crippen molar-refractivity contribution in [3.63, 3.8) is 0 Å². The van der Waals surface area contributed by atoms with Gasteiger partial charge >= 0.3 is 12.1 Å². The molecule has 0 fully saturated rings. The van der Waals surface area contributed by atoms with E-state index >= 15 is 4.39 Å². The highest BCUT2D eigenvalue weighted by molar-refractivity contribution is 6.12. The Morgan fingerprint density at radius 1 is 0.893 bits per heavy atom. The van der Waals surface area contributed by atoms with Gasteiger partial charge in [-0.25, -0.2) is 19.0 Å². The number of pyridine rings is 2. The Morgan fingerprint density at radius 2 is 1.60 bits per heavy atom. The molecule has 1 aliphatic carbocycles. The van der Waals surface area contributed by atoms with Crippen LogP contribution in [0.15, 0.2) is 29.1 Å². The van der Waals surface area contributed by atoms with Crippen molar-refractivity contribution in [2.24, 2.45) is 5.92 Å². The molecule has 0 saturated heterocycles. The van der Waals surface area contributed by atoms with E-state index in [0.717, 1.165) is 10.5 Å². The van der Waals surface area contributed by atoms with E-state index in [-0.39, 0.29) is 106 Å². The van der Waals surface area contributed by atoms with Crippen molar-refractivity contribution < 1.29 is 57.3 Å². The number of carbonyl (C=O) groups excluding carboxylic acids is 8. The van der Waals surface area contributed by atoms with Crippen LogP contribution in [0.2, 0.25) is 0 Å². The maximum Gasteiger partial charge on any atom is 0.407 e. The van der Waals surface area contributed by atoms with Crippen molar-refractivity contribution >= 4 is 58.4 Å². The number of fused-ring (bicyclic) bond motifs is 5. The minimum atomic E-state index is -2.04. The molecule has 4 atom stereocenters. The summed E-state index contributed by atoms with van der Waals surface area (Å²) in [6, 6.07) is 0.363. The number of amides is 7. The number of cyclic esters (lactones) is 1. The molecule has 3 aromatic rings. The maximum atomic E-state index is 15.5. The second-order valence-electron chi connectivity index (χ2n) is 21.1. The number of hydrogen-bond acceptors (Lipinski definition) is 13. The van der Waals surface area contributed by atoms with Crippen molar-refractivity contribution in [3.05, 3.63) is 73.8 Å². The second kappa shape index (κ2) is 23.2. The van der Waals surface area contributed by atoms with Gasteiger partial charge in [-0.15, -0.1) is 0 Å². The summed E-state index contributed by atoms with van der Waals surface area (Å²) < 4.78 is 27.5. The van der Waals surface area contributed by atoms with Crippen molar-refractivity contribution in [2.75, 3.05) is 19.6 Å². The van der Waals surface area contributed by atoms with Gasteiger partial charge in [0.15, 0.2) is 5.60 Å². The van der Waals surface area contributed by atoms with Gasteiger partial charge in [-0.2, -0.15) is 0 Å². The average Bonchev–Trinajstić information content (AvgIpc) is 3.88. The molecule has 6 N–H and O–H groups in total. The molecular formula is C54H69FN8O12. The van der Waals surface area contributed by atoms with Crippen LogP contribution in [0, 0.1) is 18.7 Å². The van der Waals surface area contributed by atoms with Crippen LogP contribution < -0.4 is 32.1 Å². The average molecular weight is 1040 g/mol. The predicted octanol–water partition coefficient (Wildman–Crippen LogP) is 4.33. The van der Waals surface area contributed by atoms with Gasteiger partial charge in [0.25, 0.3) is 17.4 Å². The van der Waals surface area contributed by atoms with Crippen LogP contribution in [0.1, 0.15) is 152 Å². The molecule has 4 aliphatic rings. The summed E-state index contributed by atoms with van der Waals surface area (Å²) in [4.78, 5) is 123. The highest BCUT2D eigenvalue weighted by Crippen LogP contribution is 2.46. The van der Waals surface area contributed by atoms with Gasteiger partial charge in [0.1, 0.15) is 30.1 Å². The number of hydrogen-bond donors (Lipinski definition) is 6. The van der Waals surface area contributed by atoms with E-state index in [1.165, 1.54) is 22.8 Å². The number of imide groups is 1. The van der Waals surface area contributed by atoms with Gasteiger partial charge in [-0.1, -0.05) is 27.2 Å². The fourth-order valence-corrected chi connectivity index (χ4v) is 10.2. The van der Waals surface area contributed by atoms with E-state index in [1.807, 2.05) is 0 Å². The lowest BCUT2D eigenvalue weighted by molar-refractivity contribution is -0.172. The molecule has 5 heterocycles. The minimum absolute atomic E-state index is 0.000932. The SMILES string of the molecule is CC[C@@]1(O)C(=O)OCc2c1cc1n(c2=O)Cc2c-1nc1cc(F)c(C)c3c1c2[C@@H](NC(=O)CCCNC(=O)[C@H](CCCCNC(=O)OC(C)(C)C)NC(=O)[C@@H](NC(=O)CCCCCN1C(=O)C=CC1=O)C(C)C)CC3. The zero-order chi connectivity index (χ0) is 54.5. The lowest BCUT2D eigenvalue weighted by Gasteiger charge is -2.31. The molecule has 3 aliphatic heterocycles. The van der Waals surface area contributed by atoms with Crippen LogP contribution in [0.25, 0.3) is 22.3 Å². The molecule has 2 aromatic heterocycles. The first kappa shape index (κ1) is 55.7. The van der Waals surface area contributed by atoms with Crippen molar-refractivity contribution in [2.45, 2.75) is 168 Å². The summed E-state index contributed by atoms with van der Waals surface area (Å²) in [5, 5.41) is 26.4. The molecule has 0 unspecified atom stereocenters. The fourth-order valence-electron chi connectivity index (χ4n) is 10.2. The van der Waals surface area contributed by atoms with Crippen LogP contribution in [-0.2, 0) is 68.2 Å². The largest absolute Gasteiger partial charge is 0.458 e. The molecule has 7 amide bonds. The van der Waals surface area contributed by atoms with Crippen molar-refractivity contribution in [1.82, 2.24) is 41.0 Å². The van der Waals surface area contributed by atoms with Gasteiger partial charge in [0.05, 0.1) is 35.1 Å². The number of alkyl carbamates (subject to hydrolysis) is 1. The normalized spacial score (nSPS) is 18.2. The summed E-state index contributed by atoms with van der Waals surface area (Å²) in [6.07, 6.45) is 5.59. The number of nitrogens with one attached hydrogen (secondary N) is 5. The second-order valence-corrected chi connectivity index (χ2v) is 21.1. The number of aliphatic hydroxyl groups is 1. The number of esters is 1. The molecule has 7 rings (SSSR count). The third kappa shape index (κ3) is 12.4. The maximum absolute atomic E-state index is 15.5. The molecule has 20 nitrogen and oxygen atoms in total. The first-order valence-corrected chi connectivity index (χ1v) is 26.0. The van der Waals surface area contributed by atoms with E-state index in [2.05, 4.69) is 26.6 Å². The quantitative estimate of drug-likeness (QED) is 0.0364. The first-order chi connectivity index (χ1) is 35.5. The van der Waals surface area contributed by atoms with Crippen LogP contribution in [0.5, 0.6) is 0 Å². The van der Waals surface area contributed by atoms with Gasteiger partial charge in [-0.05, 0) is 114 Å². The lowest BCUT2D eigenvalue weighted by Crippen LogP contribution is -2.55. The third-order valence-electron chi connectivity index (χ3n) is 14.3. The highest BCUT2D eigenvalue weighted by Gasteiger charge is 2.46.